The van der Waals surface area contributed by atoms with Crippen LogP contribution in [0.4, 0.5) is 0 Å². The molecule has 1 saturated carbocycles. The van der Waals surface area contributed by atoms with Crippen molar-refractivity contribution in [3.8, 4) is 6.07 Å². The van der Waals surface area contributed by atoms with Gasteiger partial charge in [0.05, 0.1) is 12.1 Å². The molecule has 3 atom stereocenters. The summed E-state index contributed by atoms with van der Waals surface area (Å²) in [5.74, 6) is -0.121. The van der Waals surface area contributed by atoms with Crippen molar-refractivity contribution >= 4 is 11.8 Å². The lowest BCUT2D eigenvalue weighted by molar-refractivity contribution is -0.123. The third-order valence-electron chi connectivity index (χ3n) is 4.97. The van der Waals surface area contributed by atoms with Crippen LogP contribution in [0.1, 0.15) is 58.3 Å². The van der Waals surface area contributed by atoms with Crippen LogP contribution in [0, 0.1) is 23.7 Å². The zero-order chi connectivity index (χ0) is 16.9. The summed E-state index contributed by atoms with van der Waals surface area (Å²) < 4.78 is 0. The first-order valence-electron chi connectivity index (χ1n) is 8.56. The summed E-state index contributed by atoms with van der Waals surface area (Å²) in [6.07, 6.45) is 9.25. The number of nitrogens with one attached hydrogen (secondary N) is 2. The number of carbonyl (C=O) groups excluding carboxylic acids is 2. The average molecular weight is 319 g/mol. The van der Waals surface area contributed by atoms with Crippen LogP contribution < -0.4 is 16.4 Å². The van der Waals surface area contributed by atoms with Crippen LogP contribution in [-0.4, -0.2) is 29.4 Å². The number of carbonyl (C=O) groups is 2. The molecule has 2 rings (SSSR count). The second kappa shape index (κ2) is 7.78. The van der Waals surface area contributed by atoms with Gasteiger partial charge in [0.15, 0.2) is 0 Å². The smallest absolute Gasteiger partial charge is 0.234 e. The largest absolute Gasteiger partial charge is 0.368 e. The maximum absolute atomic E-state index is 12.2. The minimum atomic E-state index is -1.02. The van der Waals surface area contributed by atoms with Crippen molar-refractivity contribution in [2.75, 3.05) is 0 Å². The number of nitriles is 1. The topological polar surface area (TPSA) is 108 Å². The van der Waals surface area contributed by atoms with Crippen LogP contribution in [-0.2, 0) is 9.59 Å². The van der Waals surface area contributed by atoms with Gasteiger partial charge in [0, 0.05) is 18.9 Å². The van der Waals surface area contributed by atoms with Gasteiger partial charge in [-0.15, -0.1) is 0 Å². The monoisotopic (exact) mass is 319 g/mol. The van der Waals surface area contributed by atoms with Gasteiger partial charge >= 0.3 is 0 Å². The van der Waals surface area contributed by atoms with Crippen molar-refractivity contribution in [1.82, 2.24) is 10.6 Å². The summed E-state index contributed by atoms with van der Waals surface area (Å²) in [5, 5.41) is 15.5. The van der Waals surface area contributed by atoms with E-state index in [2.05, 4.69) is 16.7 Å². The highest BCUT2D eigenvalue weighted by Gasteiger charge is 2.42. The molecule has 0 aromatic heterocycles. The van der Waals surface area contributed by atoms with Crippen LogP contribution in [0.2, 0.25) is 0 Å². The third-order valence-corrected chi connectivity index (χ3v) is 4.97. The lowest BCUT2D eigenvalue weighted by Crippen LogP contribution is -2.62. The molecule has 2 amide bonds. The van der Waals surface area contributed by atoms with Crippen LogP contribution in [0.5, 0.6) is 0 Å². The SMILES string of the molecule is CC1CC(C#N)(NC(=O)[CH]CC2CCCCC2)CC(C(N)=O)N1. The molecule has 1 aliphatic carbocycles. The molecular formula is C17H27N4O2. The fourth-order valence-corrected chi connectivity index (χ4v) is 3.80. The summed E-state index contributed by atoms with van der Waals surface area (Å²) in [6.45, 7) is 1.89. The number of primary amides is 1. The minimum absolute atomic E-state index is 0.0560. The van der Waals surface area contributed by atoms with E-state index in [1.807, 2.05) is 6.92 Å². The minimum Gasteiger partial charge on any atom is -0.368 e. The zero-order valence-corrected chi connectivity index (χ0v) is 13.8. The Hall–Kier alpha value is -1.61. The molecule has 3 unspecified atom stereocenters. The molecule has 1 saturated heterocycles. The Morgan fingerprint density at radius 3 is 2.65 bits per heavy atom. The van der Waals surface area contributed by atoms with E-state index in [-0.39, 0.29) is 18.4 Å². The Balaban J connectivity index is 1.90. The lowest BCUT2D eigenvalue weighted by atomic mass is 9.81. The standard InChI is InChI=1S/C17H27N4O2/c1-12-9-17(11-18,10-14(20-12)16(19)23)21-15(22)8-7-13-5-3-2-4-6-13/h8,12-14,20H,2-7,9-10H2,1H3,(H2,19,23)(H,21,22). The zero-order valence-electron chi connectivity index (χ0n) is 13.8. The van der Waals surface area contributed by atoms with Crippen LogP contribution in [0.15, 0.2) is 0 Å². The van der Waals surface area contributed by atoms with Crippen LogP contribution in [0.3, 0.4) is 0 Å². The Morgan fingerprint density at radius 1 is 1.35 bits per heavy atom. The molecule has 0 aromatic rings. The molecule has 1 aliphatic heterocycles. The highest BCUT2D eigenvalue weighted by atomic mass is 16.2. The quantitative estimate of drug-likeness (QED) is 0.706. The van der Waals surface area contributed by atoms with Crippen LogP contribution >= 0.6 is 0 Å². The fraction of sp³-hybridized carbons (Fsp3) is 0.765. The van der Waals surface area contributed by atoms with E-state index in [9.17, 15) is 14.9 Å². The number of rotatable bonds is 5. The predicted octanol–water partition coefficient (Wildman–Crippen LogP) is 1.17. The molecule has 6 nitrogen and oxygen atoms in total. The van der Waals surface area contributed by atoms with E-state index < -0.39 is 17.5 Å². The number of hydrogen-bond donors (Lipinski definition) is 3. The van der Waals surface area contributed by atoms with Gasteiger partial charge in [0.25, 0.3) is 0 Å². The van der Waals surface area contributed by atoms with Crippen molar-refractivity contribution < 1.29 is 9.59 Å². The predicted molar refractivity (Wildman–Crippen MR) is 86.8 cm³/mol. The first-order chi connectivity index (χ1) is 10.9. The second-order valence-electron chi connectivity index (χ2n) is 7.06. The van der Waals surface area contributed by atoms with Gasteiger partial charge in [-0.1, -0.05) is 32.1 Å². The summed E-state index contributed by atoms with van der Waals surface area (Å²) in [7, 11) is 0. The molecule has 0 bridgehead atoms. The van der Waals surface area contributed by atoms with Gasteiger partial charge in [0.2, 0.25) is 11.8 Å². The summed E-state index contributed by atoms with van der Waals surface area (Å²) >= 11 is 0. The summed E-state index contributed by atoms with van der Waals surface area (Å²) in [5.41, 5.74) is 4.34. The third kappa shape index (κ3) is 4.93. The number of amides is 2. The van der Waals surface area contributed by atoms with Gasteiger partial charge < -0.3 is 16.4 Å². The first-order valence-corrected chi connectivity index (χ1v) is 8.56. The second-order valence-corrected chi connectivity index (χ2v) is 7.06. The molecule has 2 aliphatic rings. The maximum atomic E-state index is 12.2. The molecule has 2 fully saturated rings. The highest BCUT2D eigenvalue weighted by Crippen LogP contribution is 2.28. The van der Waals surface area contributed by atoms with Gasteiger partial charge in [-0.2, -0.15) is 5.26 Å². The van der Waals surface area contributed by atoms with Gasteiger partial charge in [-0.05, 0) is 25.7 Å². The van der Waals surface area contributed by atoms with E-state index in [1.165, 1.54) is 32.1 Å². The lowest BCUT2D eigenvalue weighted by Gasteiger charge is -2.39. The van der Waals surface area contributed by atoms with Crippen molar-refractivity contribution in [3.05, 3.63) is 6.42 Å². The van der Waals surface area contributed by atoms with Crippen molar-refractivity contribution in [2.45, 2.75) is 75.9 Å². The summed E-state index contributed by atoms with van der Waals surface area (Å²) in [4.78, 5) is 23.7. The molecule has 1 radical (unpaired) electrons. The Kier molecular flexibility index (Phi) is 6.00. The van der Waals surface area contributed by atoms with Crippen molar-refractivity contribution in [3.63, 3.8) is 0 Å². The highest BCUT2D eigenvalue weighted by molar-refractivity contribution is 5.86. The molecule has 1 heterocycles. The summed E-state index contributed by atoms with van der Waals surface area (Å²) in [6, 6.07) is 1.56. The molecule has 4 N–H and O–H groups in total. The molecule has 0 aromatic carbocycles. The van der Waals surface area contributed by atoms with Crippen molar-refractivity contribution in [2.24, 2.45) is 11.7 Å². The average Bonchev–Trinajstić information content (AvgIpc) is 2.53. The number of hydrogen-bond acceptors (Lipinski definition) is 4. The van der Waals surface area contributed by atoms with Crippen LogP contribution in [0.25, 0.3) is 0 Å². The molecule has 127 valence electrons. The van der Waals surface area contributed by atoms with E-state index in [1.54, 1.807) is 6.42 Å². The number of nitrogens with two attached hydrogens (primary N) is 1. The van der Waals surface area contributed by atoms with Gasteiger partial charge in [-0.25, -0.2) is 0 Å². The van der Waals surface area contributed by atoms with E-state index in [0.717, 1.165) is 6.42 Å². The number of nitrogens with zero attached hydrogens (tertiary/aromatic N) is 1. The normalized spacial score (nSPS) is 32.0. The van der Waals surface area contributed by atoms with Gasteiger partial charge in [0.1, 0.15) is 5.54 Å². The Labute approximate surface area is 138 Å². The molecule has 6 heteroatoms. The Bertz CT molecular complexity index is 481. The Morgan fingerprint density at radius 2 is 2.04 bits per heavy atom. The van der Waals surface area contributed by atoms with E-state index in [4.69, 9.17) is 5.73 Å². The van der Waals surface area contributed by atoms with Gasteiger partial charge in [-0.3, -0.25) is 9.59 Å². The maximum Gasteiger partial charge on any atom is 0.234 e. The first kappa shape index (κ1) is 17.7. The van der Waals surface area contributed by atoms with E-state index in [0.29, 0.717) is 12.3 Å². The molecule has 0 spiro atoms. The van der Waals surface area contributed by atoms with E-state index >= 15 is 0 Å². The number of piperidine rings is 1. The molecule has 23 heavy (non-hydrogen) atoms. The fourth-order valence-electron chi connectivity index (χ4n) is 3.80. The van der Waals surface area contributed by atoms with Crippen molar-refractivity contribution in [1.29, 1.82) is 5.26 Å². The molecular weight excluding hydrogens is 292 g/mol.